The predicted octanol–water partition coefficient (Wildman–Crippen LogP) is 2.51. The highest BCUT2D eigenvalue weighted by Crippen LogP contribution is 2.33. The van der Waals surface area contributed by atoms with Crippen LogP contribution in [0.1, 0.15) is 11.1 Å². The van der Waals surface area contributed by atoms with Crippen LogP contribution in [0.4, 0.5) is 14.5 Å². The number of hydrogen-bond donors (Lipinski definition) is 1. The van der Waals surface area contributed by atoms with Crippen molar-refractivity contribution in [2.24, 2.45) is 0 Å². The molecule has 27 heavy (non-hydrogen) atoms. The minimum absolute atomic E-state index is 0.182. The van der Waals surface area contributed by atoms with E-state index in [2.05, 4.69) is 0 Å². The number of carbonyl (C=O) groups excluding carboxylic acids is 2. The first kappa shape index (κ1) is 18.6. The van der Waals surface area contributed by atoms with Crippen LogP contribution in [0, 0.1) is 11.6 Å². The fourth-order valence-corrected chi connectivity index (χ4v) is 2.98. The Bertz CT molecular complexity index is 881. The molecule has 3 rings (SSSR count). The van der Waals surface area contributed by atoms with Gasteiger partial charge in [0.2, 0.25) is 0 Å². The van der Waals surface area contributed by atoms with E-state index < -0.39 is 29.1 Å². The van der Waals surface area contributed by atoms with Crippen LogP contribution in [0.2, 0.25) is 0 Å². The molecule has 0 saturated carbocycles. The van der Waals surface area contributed by atoms with E-state index in [-0.39, 0.29) is 6.54 Å². The summed E-state index contributed by atoms with van der Waals surface area (Å²) in [4.78, 5) is 25.9. The fourth-order valence-electron chi connectivity index (χ4n) is 2.98. The Morgan fingerprint density at radius 1 is 1.04 bits per heavy atom. The van der Waals surface area contributed by atoms with E-state index in [9.17, 15) is 18.4 Å². The van der Waals surface area contributed by atoms with Crippen molar-refractivity contribution in [2.45, 2.75) is 13.0 Å². The molecule has 0 unspecified atom stereocenters. The normalized spacial score (nSPS) is 13.0. The minimum atomic E-state index is -1.09. The first-order valence-electron chi connectivity index (χ1n) is 8.22. The van der Waals surface area contributed by atoms with Crippen LogP contribution in [0.3, 0.4) is 0 Å². The number of amides is 2. The van der Waals surface area contributed by atoms with Crippen molar-refractivity contribution < 1.29 is 27.8 Å². The maximum absolute atomic E-state index is 13.7. The number of para-hydroxylation sites is 1. The first-order valence-corrected chi connectivity index (χ1v) is 8.22. The number of ether oxygens (including phenoxy) is 2. The smallest absolute Gasteiger partial charge is 0.314 e. The van der Waals surface area contributed by atoms with E-state index in [1.807, 2.05) is 11.4 Å². The molecule has 0 fully saturated rings. The van der Waals surface area contributed by atoms with Gasteiger partial charge in [0.1, 0.15) is 17.3 Å². The van der Waals surface area contributed by atoms with Crippen molar-refractivity contribution in [1.29, 1.82) is 0 Å². The van der Waals surface area contributed by atoms with Gasteiger partial charge in [-0.15, -0.1) is 0 Å². The Hall–Kier alpha value is -3.16. The van der Waals surface area contributed by atoms with Crippen molar-refractivity contribution in [1.82, 2.24) is 4.90 Å². The summed E-state index contributed by atoms with van der Waals surface area (Å²) in [6, 6.07) is 6.76. The maximum atomic E-state index is 13.7. The zero-order valence-corrected chi connectivity index (χ0v) is 14.8. The molecule has 0 spiro atoms. The summed E-state index contributed by atoms with van der Waals surface area (Å²) in [5.41, 5.74) is 1.16. The average Bonchev–Trinajstić information content (AvgIpc) is 2.68. The van der Waals surface area contributed by atoms with E-state index >= 15 is 0 Å². The lowest BCUT2D eigenvalue weighted by atomic mass is 9.98. The fraction of sp³-hybridized carbons (Fsp3) is 0.263. The van der Waals surface area contributed by atoms with Crippen LogP contribution in [0.5, 0.6) is 11.5 Å². The highest BCUT2D eigenvalue weighted by atomic mass is 19.1. The van der Waals surface area contributed by atoms with Crippen LogP contribution in [-0.4, -0.2) is 37.5 Å². The lowest BCUT2D eigenvalue weighted by molar-refractivity contribution is -0.143. The van der Waals surface area contributed by atoms with Gasteiger partial charge in [0.15, 0.2) is 11.5 Å². The van der Waals surface area contributed by atoms with Crippen molar-refractivity contribution in [3.8, 4) is 11.5 Å². The van der Waals surface area contributed by atoms with Gasteiger partial charge in [-0.2, -0.15) is 0 Å². The number of benzene rings is 2. The third kappa shape index (κ3) is 3.69. The Kier molecular flexibility index (Phi) is 5.25. The Morgan fingerprint density at radius 3 is 2.22 bits per heavy atom. The van der Waals surface area contributed by atoms with Gasteiger partial charge in [0.25, 0.3) is 0 Å². The highest BCUT2D eigenvalue weighted by molar-refractivity contribution is 6.39. The molecule has 0 atom stereocenters. The lowest BCUT2D eigenvalue weighted by Crippen LogP contribution is -2.42. The zero-order chi connectivity index (χ0) is 19.6. The molecule has 2 aromatic rings. The van der Waals surface area contributed by atoms with Crippen LogP contribution in [0.15, 0.2) is 30.3 Å². The molecule has 2 amide bonds. The second kappa shape index (κ2) is 7.61. The molecule has 142 valence electrons. The summed E-state index contributed by atoms with van der Waals surface area (Å²) in [6.07, 6.45) is 0.517. The van der Waals surface area contributed by atoms with E-state index in [1.54, 1.807) is 6.07 Å². The van der Waals surface area contributed by atoms with E-state index in [0.29, 0.717) is 24.5 Å². The summed E-state index contributed by atoms with van der Waals surface area (Å²) in [7, 11) is 3.04. The number of rotatable bonds is 3. The van der Waals surface area contributed by atoms with Gasteiger partial charge >= 0.3 is 11.8 Å². The monoisotopic (exact) mass is 376 g/mol. The molecule has 0 bridgehead atoms. The van der Waals surface area contributed by atoms with Gasteiger partial charge in [-0.1, -0.05) is 6.07 Å². The molecule has 1 heterocycles. The largest absolute Gasteiger partial charge is 0.493 e. The molecule has 0 radical (unpaired) electrons. The number of methoxy groups -OCH3 is 2. The number of nitrogens with zero attached hydrogens (tertiary/aromatic N) is 1. The van der Waals surface area contributed by atoms with Crippen molar-refractivity contribution in [2.75, 3.05) is 26.1 Å². The van der Waals surface area contributed by atoms with Crippen LogP contribution in [0.25, 0.3) is 0 Å². The van der Waals surface area contributed by atoms with Gasteiger partial charge in [0, 0.05) is 13.1 Å². The molecule has 6 nitrogen and oxygen atoms in total. The summed E-state index contributed by atoms with van der Waals surface area (Å²) in [6.45, 7) is 0.482. The molecule has 0 aliphatic carbocycles. The van der Waals surface area contributed by atoms with Crippen molar-refractivity contribution >= 4 is 17.5 Å². The maximum Gasteiger partial charge on any atom is 0.314 e. The molecular formula is C19H18F2N2O4. The van der Waals surface area contributed by atoms with Gasteiger partial charge in [0.05, 0.1) is 14.2 Å². The second-order valence-corrected chi connectivity index (χ2v) is 6.00. The summed E-state index contributed by atoms with van der Waals surface area (Å²) >= 11 is 0. The highest BCUT2D eigenvalue weighted by Gasteiger charge is 2.28. The lowest BCUT2D eigenvalue weighted by Gasteiger charge is -2.29. The molecule has 2 aromatic carbocycles. The van der Waals surface area contributed by atoms with Crippen molar-refractivity contribution in [3.63, 3.8) is 0 Å². The quantitative estimate of drug-likeness (QED) is 0.836. The third-order valence-corrected chi connectivity index (χ3v) is 4.40. The SMILES string of the molecule is COc1cc2c(cc1OC)CN(C(=O)C(=O)Nc1c(F)cccc1F)CC2. The summed E-state index contributed by atoms with van der Waals surface area (Å²) in [5, 5.41) is 2.02. The molecular weight excluding hydrogens is 358 g/mol. The number of anilines is 1. The molecule has 0 saturated heterocycles. The number of fused-ring (bicyclic) bond motifs is 1. The number of nitrogens with one attached hydrogen (secondary N) is 1. The Morgan fingerprint density at radius 2 is 1.63 bits per heavy atom. The summed E-state index contributed by atoms with van der Waals surface area (Å²) in [5.74, 6) is -2.75. The zero-order valence-electron chi connectivity index (χ0n) is 14.8. The number of hydrogen-bond acceptors (Lipinski definition) is 4. The molecule has 1 aliphatic rings. The van der Waals surface area contributed by atoms with Crippen molar-refractivity contribution in [3.05, 3.63) is 53.1 Å². The first-order chi connectivity index (χ1) is 12.9. The predicted molar refractivity (Wildman–Crippen MR) is 93.7 cm³/mol. The van der Waals surface area contributed by atoms with E-state index in [4.69, 9.17) is 9.47 Å². The van der Waals surface area contributed by atoms with Gasteiger partial charge in [-0.25, -0.2) is 8.78 Å². The molecule has 1 N–H and O–H groups in total. The number of halogens is 2. The van der Waals surface area contributed by atoms with Gasteiger partial charge in [-0.05, 0) is 41.8 Å². The molecule has 1 aliphatic heterocycles. The Balaban J connectivity index is 1.76. The summed E-state index contributed by atoms with van der Waals surface area (Å²) < 4.78 is 37.8. The van der Waals surface area contributed by atoms with Gasteiger partial charge in [-0.3, -0.25) is 9.59 Å². The van der Waals surface area contributed by atoms with Gasteiger partial charge < -0.3 is 19.7 Å². The van der Waals surface area contributed by atoms with E-state index in [1.165, 1.54) is 25.2 Å². The van der Waals surface area contributed by atoms with E-state index in [0.717, 1.165) is 23.3 Å². The standard InChI is InChI=1S/C19H18F2N2O4/c1-26-15-8-11-6-7-23(10-12(11)9-16(15)27-2)19(25)18(24)22-17-13(20)4-3-5-14(17)21/h3-5,8-9H,6-7,10H2,1-2H3,(H,22,24). The average molecular weight is 376 g/mol. The van der Waals surface area contributed by atoms with Crippen LogP contribution in [-0.2, 0) is 22.6 Å². The minimum Gasteiger partial charge on any atom is -0.493 e. The topological polar surface area (TPSA) is 67.9 Å². The second-order valence-electron chi connectivity index (χ2n) is 6.00. The van der Waals surface area contributed by atoms with Crippen LogP contribution < -0.4 is 14.8 Å². The van der Waals surface area contributed by atoms with Crippen LogP contribution >= 0.6 is 0 Å². The third-order valence-electron chi connectivity index (χ3n) is 4.40. The molecule has 0 aromatic heterocycles. The number of carbonyl (C=O) groups is 2. The Labute approximate surface area is 154 Å². The molecule has 8 heteroatoms.